The van der Waals surface area contributed by atoms with Crippen molar-refractivity contribution in [3.63, 3.8) is 0 Å². The lowest BCUT2D eigenvalue weighted by Gasteiger charge is -2.17. The molecule has 0 saturated heterocycles. The molecule has 0 fully saturated rings. The van der Waals surface area contributed by atoms with Crippen LogP contribution in [0.25, 0.3) is 0 Å². The van der Waals surface area contributed by atoms with Gasteiger partial charge in [0.1, 0.15) is 23.5 Å². The highest BCUT2D eigenvalue weighted by Crippen LogP contribution is 2.36. The number of hydrogen-bond donors (Lipinski definition) is 3. The zero-order valence-corrected chi connectivity index (χ0v) is 19.2. The quantitative estimate of drug-likeness (QED) is 0.439. The maximum Gasteiger partial charge on any atom is 0.421 e. The Hall–Kier alpha value is -4.01. The summed E-state index contributed by atoms with van der Waals surface area (Å²) in [5, 5.41) is 8.12. The topological polar surface area (TPSA) is 142 Å². The first kappa shape index (κ1) is 24.1. The summed E-state index contributed by atoms with van der Waals surface area (Å²) in [5.74, 6) is -0.783. The summed E-state index contributed by atoms with van der Waals surface area (Å²) in [5.41, 5.74) is 0.818. The maximum absolute atomic E-state index is 13.6. The number of benzene rings is 1. The number of aromatic nitrogens is 4. The van der Waals surface area contributed by atoms with E-state index in [0.717, 1.165) is 22.5 Å². The lowest BCUT2D eigenvalue weighted by molar-refractivity contribution is -0.137. The predicted octanol–water partition coefficient (Wildman–Crippen LogP) is 2.53. The number of amides is 1. The van der Waals surface area contributed by atoms with E-state index in [0.29, 0.717) is 17.6 Å². The zero-order valence-electron chi connectivity index (χ0n) is 18.4. The first-order valence-corrected chi connectivity index (χ1v) is 11.9. The number of nitrogens with one attached hydrogen (secondary N) is 3. The van der Waals surface area contributed by atoms with Crippen LogP contribution in [0.4, 0.5) is 42.1 Å². The fraction of sp³-hybridized carbons (Fsp3) is 0.250. The van der Waals surface area contributed by atoms with Crippen LogP contribution < -0.4 is 20.3 Å². The average molecular weight is 508 g/mol. The monoisotopic (exact) mass is 508 g/mol. The molecule has 3 N–H and O–H groups in total. The van der Waals surface area contributed by atoms with Crippen molar-refractivity contribution in [1.29, 1.82) is 0 Å². The molecular formula is C20H19F3N8O3S. The number of fused-ring (bicyclic) bond motifs is 1. The number of alkyl halides is 3. The number of carbonyl (C=O) groups excluding carboxylic acids is 1. The highest BCUT2D eigenvalue weighted by molar-refractivity contribution is 7.92. The summed E-state index contributed by atoms with van der Waals surface area (Å²) >= 11 is 0. The van der Waals surface area contributed by atoms with Gasteiger partial charge < -0.3 is 16.0 Å². The molecule has 0 aliphatic carbocycles. The van der Waals surface area contributed by atoms with E-state index in [1.54, 1.807) is 18.2 Å². The number of para-hydroxylation sites is 1. The second-order valence-electron chi connectivity index (χ2n) is 7.59. The van der Waals surface area contributed by atoms with E-state index in [1.807, 2.05) is 0 Å². The Bertz CT molecular complexity index is 1400. The smallest absolute Gasteiger partial charge is 0.364 e. The number of carbonyl (C=O) groups is 1. The van der Waals surface area contributed by atoms with Crippen LogP contribution in [0.5, 0.6) is 0 Å². The Labute approximate surface area is 197 Å². The lowest BCUT2D eigenvalue weighted by atomic mass is 10.1. The molecule has 0 radical (unpaired) electrons. The average Bonchev–Trinajstić information content (AvgIpc) is 3.17. The molecule has 3 heterocycles. The van der Waals surface area contributed by atoms with Gasteiger partial charge in [0, 0.05) is 19.3 Å². The van der Waals surface area contributed by atoms with Gasteiger partial charge >= 0.3 is 6.18 Å². The van der Waals surface area contributed by atoms with Crippen molar-refractivity contribution >= 4 is 44.9 Å². The highest BCUT2D eigenvalue weighted by Gasteiger charge is 2.35. The van der Waals surface area contributed by atoms with Crippen molar-refractivity contribution in [3.05, 3.63) is 53.6 Å². The van der Waals surface area contributed by atoms with Gasteiger partial charge in [-0.2, -0.15) is 18.2 Å². The van der Waals surface area contributed by atoms with Gasteiger partial charge in [0.15, 0.2) is 0 Å². The molecule has 2 aromatic heterocycles. The van der Waals surface area contributed by atoms with E-state index < -0.39 is 27.6 Å². The van der Waals surface area contributed by atoms with Crippen molar-refractivity contribution in [2.24, 2.45) is 0 Å². The van der Waals surface area contributed by atoms with Crippen molar-refractivity contribution < 1.29 is 26.4 Å². The zero-order chi connectivity index (χ0) is 25.4. The minimum absolute atomic E-state index is 0.0559. The van der Waals surface area contributed by atoms with Gasteiger partial charge in [0.05, 0.1) is 36.3 Å². The Balaban J connectivity index is 1.60. The summed E-state index contributed by atoms with van der Waals surface area (Å²) in [6.45, 7) is -0.205. The molecule has 15 heteroatoms. The number of hydrogen-bond acceptors (Lipinski definition) is 9. The van der Waals surface area contributed by atoms with Gasteiger partial charge in [-0.3, -0.25) is 9.10 Å². The molecule has 1 aliphatic rings. The minimum Gasteiger partial charge on any atom is -0.364 e. The van der Waals surface area contributed by atoms with Gasteiger partial charge in [-0.25, -0.2) is 23.4 Å². The first-order valence-electron chi connectivity index (χ1n) is 10.0. The minimum atomic E-state index is -4.74. The normalized spacial score (nSPS) is 13.2. The number of halogens is 3. The van der Waals surface area contributed by atoms with E-state index >= 15 is 0 Å². The molecule has 3 aromatic rings. The van der Waals surface area contributed by atoms with E-state index in [9.17, 15) is 26.4 Å². The summed E-state index contributed by atoms with van der Waals surface area (Å²) < 4.78 is 65.1. The second-order valence-corrected chi connectivity index (χ2v) is 9.61. The van der Waals surface area contributed by atoms with E-state index in [-0.39, 0.29) is 36.3 Å². The Morgan fingerprint density at radius 3 is 2.69 bits per heavy atom. The third-order valence-electron chi connectivity index (χ3n) is 5.07. The fourth-order valence-electron chi connectivity index (χ4n) is 3.26. The van der Waals surface area contributed by atoms with Crippen LogP contribution in [0.1, 0.15) is 16.8 Å². The molecule has 1 aliphatic heterocycles. The number of anilines is 5. The van der Waals surface area contributed by atoms with Crippen LogP contribution in [0.3, 0.4) is 0 Å². The van der Waals surface area contributed by atoms with Gasteiger partial charge in [-0.15, -0.1) is 0 Å². The predicted molar refractivity (Wildman–Crippen MR) is 122 cm³/mol. The van der Waals surface area contributed by atoms with Crippen LogP contribution in [-0.2, 0) is 34.0 Å². The molecule has 184 valence electrons. The van der Waals surface area contributed by atoms with E-state index in [4.69, 9.17) is 0 Å². The van der Waals surface area contributed by atoms with Crippen LogP contribution >= 0.6 is 0 Å². The van der Waals surface area contributed by atoms with Crippen molar-refractivity contribution in [3.8, 4) is 0 Å². The Morgan fingerprint density at radius 1 is 1.20 bits per heavy atom. The molecule has 35 heavy (non-hydrogen) atoms. The van der Waals surface area contributed by atoms with E-state index in [2.05, 4.69) is 35.9 Å². The molecule has 1 aromatic carbocycles. The number of sulfonamides is 1. The van der Waals surface area contributed by atoms with E-state index in [1.165, 1.54) is 13.1 Å². The third kappa shape index (κ3) is 5.40. The van der Waals surface area contributed by atoms with Crippen molar-refractivity contribution in [2.75, 3.05) is 33.6 Å². The molecule has 0 unspecified atom stereocenters. The largest absolute Gasteiger partial charge is 0.421 e. The third-order valence-corrected chi connectivity index (χ3v) is 6.26. The molecule has 4 rings (SSSR count). The molecule has 0 bridgehead atoms. The molecule has 1 amide bonds. The highest BCUT2D eigenvalue weighted by atomic mass is 32.2. The second kappa shape index (κ2) is 8.98. The van der Waals surface area contributed by atoms with Gasteiger partial charge in [-0.05, 0) is 11.6 Å². The van der Waals surface area contributed by atoms with Crippen LogP contribution in [0.2, 0.25) is 0 Å². The summed E-state index contributed by atoms with van der Waals surface area (Å²) in [7, 11) is -2.30. The lowest BCUT2D eigenvalue weighted by Crippen LogP contribution is -2.26. The summed E-state index contributed by atoms with van der Waals surface area (Å²) in [4.78, 5) is 27.3. The number of rotatable bonds is 7. The van der Waals surface area contributed by atoms with Crippen LogP contribution in [-0.4, -0.2) is 47.6 Å². The SMILES string of the molecule is CN(c1cc(CNc2nc(Nc3cccc4c3NC(=O)C4)ncc2C(F)(F)F)ncn1)S(C)(=O)=O. The van der Waals surface area contributed by atoms with Crippen molar-refractivity contribution in [1.82, 2.24) is 19.9 Å². The summed E-state index contributed by atoms with van der Waals surface area (Å²) in [6, 6.07) is 6.43. The molecule has 0 saturated carbocycles. The maximum atomic E-state index is 13.6. The van der Waals surface area contributed by atoms with Crippen molar-refractivity contribution in [2.45, 2.75) is 19.1 Å². The number of nitrogens with zero attached hydrogens (tertiary/aromatic N) is 5. The standard InChI is InChI=1S/C20H19F3N8O3S/c1-31(35(2,33)34)15-7-12(26-10-27-15)8-24-18-13(20(21,22)23)9-25-19(30-18)28-14-5-3-4-11-6-16(32)29-17(11)14/h3-5,7,9-10H,6,8H2,1-2H3,(H,29,32)(H2,24,25,28,30). The Morgan fingerprint density at radius 2 is 1.97 bits per heavy atom. The molecule has 0 atom stereocenters. The summed E-state index contributed by atoms with van der Waals surface area (Å²) in [6.07, 6.45) is -1.80. The fourth-order valence-corrected chi connectivity index (χ4v) is 3.70. The first-order chi connectivity index (χ1) is 16.4. The van der Waals surface area contributed by atoms with Crippen LogP contribution in [0, 0.1) is 0 Å². The van der Waals surface area contributed by atoms with Gasteiger partial charge in [0.25, 0.3) is 0 Å². The van der Waals surface area contributed by atoms with Crippen LogP contribution in [0.15, 0.2) is 36.8 Å². The molecule has 0 spiro atoms. The Kier molecular flexibility index (Phi) is 6.19. The molecular weight excluding hydrogens is 489 g/mol. The van der Waals surface area contributed by atoms with Gasteiger partial charge in [0.2, 0.25) is 21.9 Å². The molecule has 11 nitrogen and oxygen atoms in total. The van der Waals surface area contributed by atoms with Gasteiger partial charge in [-0.1, -0.05) is 12.1 Å².